The normalized spacial score (nSPS) is 12.0. The molecule has 0 radical (unpaired) electrons. The number of thiophene rings is 1. The molecule has 0 aliphatic rings. The maximum atomic E-state index is 3.87. The molecule has 0 unspecified atom stereocenters. The molecule has 0 spiro atoms. The number of halogens is 1. The number of aromatic nitrogens is 2. The van der Waals surface area contributed by atoms with Gasteiger partial charge in [0.15, 0.2) is 0 Å². The quantitative estimate of drug-likeness (QED) is 0.168. The van der Waals surface area contributed by atoms with E-state index in [2.05, 4.69) is 204 Å². The fourth-order valence-electron chi connectivity index (χ4n) is 9.45. The predicted octanol–water partition coefficient (Wildman–Crippen LogP) is 15.6. The lowest BCUT2D eigenvalue weighted by Gasteiger charge is -2.17. The number of hydrogen-bond acceptors (Lipinski definition) is 1. The number of hydrogen-bond donors (Lipinski definition) is 0. The summed E-state index contributed by atoms with van der Waals surface area (Å²) in [7, 11) is 0. The monoisotopic (exact) mass is 800 g/mol. The number of aryl methyl sites for hydroxylation is 3. The molecule has 0 N–H and O–H groups in total. The number of benzene rings is 8. The third-order valence-electron chi connectivity index (χ3n) is 11.9. The minimum Gasteiger partial charge on any atom is -0.309 e. The topological polar surface area (TPSA) is 9.86 Å². The Morgan fingerprint density at radius 1 is 0.429 bits per heavy atom. The predicted molar refractivity (Wildman–Crippen MR) is 246 cm³/mol. The van der Waals surface area contributed by atoms with Crippen molar-refractivity contribution in [2.24, 2.45) is 0 Å². The second-order valence-corrected chi connectivity index (χ2v) is 17.1. The number of para-hydroxylation sites is 4. The van der Waals surface area contributed by atoms with Gasteiger partial charge in [-0.2, -0.15) is 0 Å². The molecule has 0 saturated heterocycles. The Morgan fingerprint density at radius 3 is 1.54 bits per heavy atom. The van der Waals surface area contributed by atoms with Crippen molar-refractivity contribution in [1.82, 2.24) is 9.13 Å². The van der Waals surface area contributed by atoms with E-state index in [0.717, 1.165) is 0 Å². The maximum Gasteiger partial charge on any atom is 0.0541 e. The highest BCUT2D eigenvalue weighted by Gasteiger charge is 2.20. The van der Waals surface area contributed by atoms with Crippen molar-refractivity contribution in [1.29, 1.82) is 0 Å². The summed E-state index contributed by atoms with van der Waals surface area (Å²) in [6, 6.07) is 56.5. The molecule has 0 saturated carbocycles. The summed E-state index contributed by atoms with van der Waals surface area (Å²) in [6.45, 7) is 8.91. The molecule has 0 aliphatic carbocycles. The Kier molecular flexibility index (Phi) is 7.48. The molecular weight excluding hydrogens is 765 g/mol. The average Bonchev–Trinajstić information content (AvgIpc) is 3.87. The van der Waals surface area contributed by atoms with E-state index in [0.29, 0.717) is 0 Å². The van der Waals surface area contributed by atoms with Crippen LogP contribution < -0.4 is 0 Å². The first kappa shape index (κ1) is 33.4. The molecule has 2 nitrogen and oxygen atoms in total. The molecule has 3 aromatic heterocycles. The summed E-state index contributed by atoms with van der Waals surface area (Å²) in [5.41, 5.74) is 17.4. The van der Waals surface area contributed by atoms with E-state index in [4.69, 9.17) is 0 Å². The Hall–Kier alpha value is -5.94. The molecule has 56 heavy (non-hydrogen) atoms. The number of fused-ring (bicyclic) bond motifs is 9. The molecular formula is C52H37BrN2S. The van der Waals surface area contributed by atoms with E-state index < -0.39 is 0 Å². The summed E-state index contributed by atoms with van der Waals surface area (Å²) < 4.78 is 8.68. The fourth-order valence-corrected chi connectivity index (χ4v) is 11.0. The third kappa shape index (κ3) is 4.86. The first-order valence-corrected chi connectivity index (χ1v) is 20.8. The van der Waals surface area contributed by atoms with Gasteiger partial charge >= 0.3 is 0 Å². The van der Waals surface area contributed by atoms with E-state index in [1.54, 1.807) is 0 Å². The summed E-state index contributed by atoms with van der Waals surface area (Å²) in [5, 5.41) is 7.64. The van der Waals surface area contributed by atoms with Crippen LogP contribution in [0.1, 0.15) is 22.3 Å². The summed E-state index contributed by atoms with van der Waals surface area (Å²) in [5.74, 6) is 0. The van der Waals surface area contributed by atoms with Crippen LogP contribution in [0.5, 0.6) is 0 Å². The lowest BCUT2D eigenvalue weighted by atomic mass is 9.90. The average molecular weight is 802 g/mol. The van der Waals surface area contributed by atoms with Gasteiger partial charge in [-0.15, -0.1) is 11.3 Å². The zero-order valence-corrected chi connectivity index (χ0v) is 34.0. The molecule has 0 bridgehead atoms. The van der Waals surface area contributed by atoms with Gasteiger partial charge in [-0.05, 0) is 121 Å². The molecule has 11 rings (SSSR count). The van der Waals surface area contributed by atoms with Crippen LogP contribution in [0.2, 0.25) is 0 Å². The van der Waals surface area contributed by atoms with Gasteiger partial charge in [-0.25, -0.2) is 0 Å². The lowest BCUT2D eigenvalue weighted by Crippen LogP contribution is -1.96. The molecule has 3 heterocycles. The van der Waals surface area contributed by atoms with Crippen LogP contribution in [0.15, 0.2) is 156 Å². The minimum atomic E-state index is 1.17. The smallest absolute Gasteiger partial charge is 0.0541 e. The number of rotatable bonds is 4. The molecule has 8 aromatic carbocycles. The van der Waals surface area contributed by atoms with Crippen molar-refractivity contribution < 1.29 is 0 Å². The van der Waals surface area contributed by atoms with E-state index in [-0.39, 0.29) is 0 Å². The fraction of sp³-hybridized carbons (Fsp3) is 0.0769. The van der Waals surface area contributed by atoms with Crippen molar-refractivity contribution in [3.63, 3.8) is 0 Å². The first-order valence-electron chi connectivity index (χ1n) is 19.2. The Bertz CT molecular complexity index is 3320. The third-order valence-corrected chi connectivity index (χ3v) is 14.3. The van der Waals surface area contributed by atoms with E-state index in [9.17, 15) is 0 Å². The maximum absolute atomic E-state index is 3.87. The Labute approximate surface area is 338 Å². The van der Waals surface area contributed by atoms with E-state index in [1.807, 2.05) is 11.3 Å². The van der Waals surface area contributed by atoms with Crippen LogP contribution in [0.4, 0.5) is 0 Å². The van der Waals surface area contributed by atoms with E-state index in [1.165, 1.54) is 124 Å². The van der Waals surface area contributed by atoms with Crippen LogP contribution in [0.25, 0.3) is 97.4 Å². The summed E-state index contributed by atoms with van der Waals surface area (Å²) >= 11 is 5.78. The minimum absolute atomic E-state index is 1.17. The van der Waals surface area contributed by atoms with Gasteiger partial charge in [0.1, 0.15) is 0 Å². The second kappa shape index (κ2) is 12.5. The molecule has 11 aromatic rings. The van der Waals surface area contributed by atoms with Crippen molar-refractivity contribution >= 4 is 91.1 Å². The van der Waals surface area contributed by atoms with Gasteiger partial charge in [-0.1, -0.05) is 113 Å². The zero-order valence-electron chi connectivity index (χ0n) is 31.6. The van der Waals surface area contributed by atoms with Crippen molar-refractivity contribution in [2.45, 2.75) is 27.7 Å². The van der Waals surface area contributed by atoms with Crippen LogP contribution >= 0.6 is 27.3 Å². The molecule has 0 fully saturated rings. The zero-order chi connectivity index (χ0) is 37.8. The number of nitrogens with zero attached hydrogens (tertiary/aromatic N) is 2. The van der Waals surface area contributed by atoms with Gasteiger partial charge in [0, 0.05) is 63.1 Å². The summed E-state index contributed by atoms with van der Waals surface area (Å²) in [6.07, 6.45) is 0. The largest absolute Gasteiger partial charge is 0.309 e. The lowest BCUT2D eigenvalue weighted by molar-refractivity contribution is 1.18. The van der Waals surface area contributed by atoms with Crippen LogP contribution in [-0.4, -0.2) is 9.13 Å². The highest BCUT2D eigenvalue weighted by molar-refractivity contribution is 9.10. The highest BCUT2D eigenvalue weighted by atomic mass is 79.9. The standard InChI is InChI=1S/C52H37BrN2S/c1-30-26-34(50-31(2)25-32(3)51(53)33(50)4)21-23-37(30)43-28-36(55-47-19-11-7-15-40(47)41-16-8-12-20-48(41)55)29-44-42-27-35(22-24-49(42)56-52(43)44)54-45-17-9-5-13-38(45)39-14-6-10-18-46(39)54/h5-29H,1-4H3. The van der Waals surface area contributed by atoms with Crippen LogP contribution in [0.3, 0.4) is 0 Å². The van der Waals surface area contributed by atoms with Gasteiger partial charge in [-0.3, -0.25) is 0 Å². The van der Waals surface area contributed by atoms with Crippen molar-refractivity contribution in [2.75, 3.05) is 0 Å². The van der Waals surface area contributed by atoms with Crippen molar-refractivity contribution in [3.05, 3.63) is 178 Å². The Morgan fingerprint density at radius 2 is 0.964 bits per heavy atom. The molecule has 0 aliphatic heterocycles. The Balaban J connectivity index is 1.20. The van der Waals surface area contributed by atoms with Gasteiger partial charge in [0.2, 0.25) is 0 Å². The molecule has 0 amide bonds. The highest BCUT2D eigenvalue weighted by Crippen LogP contribution is 2.46. The summed E-state index contributed by atoms with van der Waals surface area (Å²) in [4.78, 5) is 0. The molecule has 268 valence electrons. The first-order chi connectivity index (χ1) is 27.4. The van der Waals surface area contributed by atoms with Gasteiger partial charge in [0.25, 0.3) is 0 Å². The van der Waals surface area contributed by atoms with Crippen LogP contribution in [-0.2, 0) is 0 Å². The van der Waals surface area contributed by atoms with E-state index >= 15 is 0 Å². The van der Waals surface area contributed by atoms with Crippen molar-refractivity contribution in [3.8, 4) is 33.6 Å². The van der Waals surface area contributed by atoms with Crippen LogP contribution in [0, 0.1) is 27.7 Å². The van der Waals surface area contributed by atoms with Gasteiger partial charge in [0.05, 0.1) is 22.1 Å². The SMILES string of the molecule is Cc1cc(-c2c(C)cc(C)c(Br)c2C)ccc1-c1cc(-n2c3ccccc3c3ccccc32)cc2c1sc1ccc(-n3c4ccccc4c4ccccc43)cc12. The molecule has 0 atom stereocenters. The second-order valence-electron chi connectivity index (χ2n) is 15.2. The van der Waals surface area contributed by atoms with Gasteiger partial charge < -0.3 is 9.13 Å². The molecule has 4 heteroatoms.